The summed E-state index contributed by atoms with van der Waals surface area (Å²) in [6.45, 7) is 9.96. The van der Waals surface area contributed by atoms with Crippen LogP contribution in [-0.2, 0) is 61.8 Å². The predicted octanol–water partition coefficient (Wildman–Crippen LogP) is 0.472. The normalized spacial score (nSPS) is 33.7. The molecule has 3 rings (SSSR count). The highest BCUT2D eigenvalue weighted by molar-refractivity contribution is 5.73. The molecule has 0 aromatic carbocycles. The van der Waals surface area contributed by atoms with E-state index in [0.717, 1.165) is 33.1 Å². The largest absolute Gasteiger partial charge is 0.463 e. The summed E-state index contributed by atoms with van der Waals surface area (Å²) in [7, 11) is 0. The number of fused-ring (bicyclic) bond motifs is 1. The molecule has 3 saturated heterocycles. The van der Waals surface area contributed by atoms with Gasteiger partial charge in [0.1, 0.15) is 43.2 Å². The number of hydrogen-bond acceptors (Lipinski definition) is 14. The van der Waals surface area contributed by atoms with Gasteiger partial charge in [-0.1, -0.05) is 19.8 Å². The molecule has 0 bridgehead atoms. The van der Waals surface area contributed by atoms with Crippen LogP contribution >= 0.6 is 0 Å². The summed E-state index contributed by atoms with van der Waals surface area (Å²) in [6, 6.07) is -1.18. The molecule has 2 N–H and O–H groups in total. The van der Waals surface area contributed by atoms with Crippen molar-refractivity contribution in [1.82, 2.24) is 5.32 Å². The van der Waals surface area contributed by atoms with Crippen molar-refractivity contribution in [3.63, 3.8) is 0 Å². The molecule has 246 valence electrons. The van der Waals surface area contributed by atoms with Gasteiger partial charge in [-0.05, 0) is 20.3 Å². The Hall–Kier alpha value is -2.40. The van der Waals surface area contributed by atoms with Crippen LogP contribution in [0, 0.1) is 0 Å². The van der Waals surface area contributed by atoms with E-state index in [4.69, 9.17) is 42.6 Å². The molecule has 15 nitrogen and oxygen atoms in total. The maximum atomic E-state index is 12.2. The zero-order valence-electron chi connectivity index (χ0n) is 25.8. The molecule has 0 aromatic rings. The second kappa shape index (κ2) is 15.5. The summed E-state index contributed by atoms with van der Waals surface area (Å²) in [5.74, 6) is -3.51. The SMILES string of the molecule is CCCCCO[C@@H]1[C@H]2OC(C)(C)O[C@H]2O[C@@H]1C(O)CO[C@@H]1O[C@H](COC(C)=O)[C@@H](OC(C)=O)[C@H](OC(C)=O)[C@H]1NC(C)=O. The highest BCUT2D eigenvalue weighted by Crippen LogP contribution is 2.40. The van der Waals surface area contributed by atoms with Crippen molar-refractivity contribution in [2.75, 3.05) is 19.8 Å². The first-order valence-electron chi connectivity index (χ1n) is 14.5. The lowest BCUT2D eigenvalue weighted by molar-refractivity contribution is -0.286. The van der Waals surface area contributed by atoms with E-state index in [-0.39, 0.29) is 13.2 Å². The number of nitrogens with one attached hydrogen (secondary N) is 1. The highest BCUT2D eigenvalue weighted by atomic mass is 16.8. The van der Waals surface area contributed by atoms with Gasteiger partial charge in [0.25, 0.3) is 0 Å². The third-order valence-corrected chi connectivity index (χ3v) is 6.97. The monoisotopic (exact) mass is 619 g/mol. The first kappa shape index (κ1) is 35.1. The minimum absolute atomic E-state index is 0.381. The summed E-state index contributed by atoms with van der Waals surface area (Å²) >= 11 is 0. The summed E-state index contributed by atoms with van der Waals surface area (Å²) < 4.78 is 51.9. The Kier molecular flexibility index (Phi) is 12.7. The van der Waals surface area contributed by atoms with Gasteiger partial charge >= 0.3 is 17.9 Å². The van der Waals surface area contributed by atoms with Crippen LogP contribution in [0.3, 0.4) is 0 Å². The van der Waals surface area contributed by atoms with Crippen molar-refractivity contribution in [1.29, 1.82) is 0 Å². The molecular weight excluding hydrogens is 574 g/mol. The number of carbonyl (C=O) groups excluding carboxylic acids is 4. The van der Waals surface area contributed by atoms with Gasteiger partial charge in [0.15, 0.2) is 30.6 Å². The van der Waals surface area contributed by atoms with Crippen LogP contribution in [-0.4, -0.2) is 116 Å². The number of unbranched alkanes of at least 4 members (excludes halogenated alkanes) is 2. The van der Waals surface area contributed by atoms with Crippen molar-refractivity contribution in [2.45, 2.75) is 135 Å². The van der Waals surface area contributed by atoms with E-state index in [2.05, 4.69) is 12.2 Å². The maximum absolute atomic E-state index is 12.2. The van der Waals surface area contributed by atoms with Gasteiger partial charge in [-0.15, -0.1) is 0 Å². The van der Waals surface area contributed by atoms with Crippen LogP contribution in [0.15, 0.2) is 0 Å². The van der Waals surface area contributed by atoms with Gasteiger partial charge in [0.2, 0.25) is 5.91 Å². The number of ether oxygens (including phenoxy) is 9. The Bertz CT molecular complexity index is 975. The van der Waals surface area contributed by atoms with Crippen LogP contribution < -0.4 is 5.32 Å². The molecular formula is C28H45NO14. The molecule has 10 atom stereocenters. The first-order chi connectivity index (χ1) is 20.2. The lowest BCUT2D eigenvalue weighted by atomic mass is 9.96. The molecule has 3 aliphatic heterocycles. The number of rotatable bonds is 14. The maximum Gasteiger partial charge on any atom is 0.303 e. The minimum atomic E-state index is -1.34. The van der Waals surface area contributed by atoms with E-state index in [1.54, 1.807) is 13.8 Å². The quantitative estimate of drug-likeness (QED) is 0.155. The number of esters is 3. The van der Waals surface area contributed by atoms with Gasteiger partial charge in [-0.2, -0.15) is 0 Å². The van der Waals surface area contributed by atoms with Gasteiger partial charge in [-0.25, -0.2) is 0 Å². The summed E-state index contributed by atoms with van der Waals surface area (Å²) in [5, 5.41) is 13.8. The molecule has 43 heavy (non-hydrogen) atoms. The Labute approximate surface area is 251 Å². The smallest absolute Gasteiger partial charge is 0.303 e. The van der Waals surface area contributed by atoms with Crippen molar-refractivity contribution >= 4 is 23.8 Å². The zero-order valence-corrected chi connectivity index (χ0v) is 25.8. The van der Waals surface area contributed by atoms with Crippen molar-refractivity contribution in [2.24, 2.45) is 0 Å². The second-order valence-electron chi connectivity index (χ2n) is 11.2. The molecule has 0 radical (unpaired) electrons. The molecule has 15 heteroatoms. The Morgan fingerprint density at radius 1 is 0.884 bits per heavy atom. The average Bonchev–Trinajstić information content (AvgIpc) is 3.37. The Morgan fingerprint density at radius 3 is 2.16 bits per heavy atom. The van der Waals surface area contributed by atoms with Crippen molar-refractivity contribution < 1.29 is 66.9 Å². The predicted molar refractivity (Wildman–Crippen MR) is 144 cm³/mol. The van der Waals surface area contributed by atoms with Crippen LogP contribution in [0.2, 0.25) is 0 Å². The zero-order chi connectivity index (χ0) is 31.9. The number of carbonyl (C=O) groups is 4. The molecule has 0 aromatic heterocycles. The summed E-state index contributed by atoms with van der Waals surface area (Å²) in [6.07, 6.45) is -6.45. The van der Waals surface area contributed by atoms with Gasteiger partial charge in [0.05, 0.1) is 6.61 Å². The van der Waals surface area contributed by atoms with E-state index >= 15 is 0 Å². The molecule has 1 amide bonds. The van der Waals surface area contributed by atoms with Crippen LogP contribution in [0.25, 0.3) is 0 Å². The van der Waals surface area contributed by atoms with E-state index < -0.39 is 91.0 Å². The molecule has 1 unspecified atom stereocenters. The van der Waals surface area contributed by atoms with Crippen LogP contribution in [0.5, 0.6) is 0 Å². The standard InChI is InChI=1S/C28H45NO14/c1-8-9-10-11-35-24-21(41-27-25(24)42-28(6,7)43-27)18(34)12-37-26-20(29-14(2)30)23(39-17(5)33)22(38-16(4)32)19(40-26)13-36-15(3)31/h18-27,34H,8-13H2,1-7H3,(H,29,30)/t18?,19-,20-,21-,22-,23-,24+,25-,26-,27-/m1/s1. The van der Waals surface area contributed by atoms with E-state index in [1.807, 2.05) is 0 Å². The van der Waals surface area contributed by atoms with Crippen molar-refractivity contribution in [3.05, 3.63) is 0 Å². The second-order valence-corrected chi connectivity index (χ2v) is 11.2. The molecule has 0 aliphatic carbocycles. The van der Waals surface area contributed by atoms with Crippen LogP contribution in [0.1, 0.15) is 67.7 Å². The van der Waals surface area contributed by atoms with Gasteiger partial charge in [-0.3, -0.25) is 19.2 Å². The Balaban J connectivity index is 1.80. The average molecular weight is 620 g/mol. The summed E-state index contributed by atoms with van der Waals surface area (Å²) in [5.41, 5.74) is 0. The third-order valence-electron chi connectivity index (χ3n) is 6.97. The molecule has 3 heterocycles. The lowest BCUT2D eigenvalue weighted by Gasteiger charge is -2.45. The number of aliphatic hydroxyl groups excluding tert-OH is 1. The fourth-order valence-corrected chi connectivity index (χ4v) is 5.30. The summed E-state index contributed by atoms with van der Waals surface area (Å²) in [4.78, 5) is 47.7. The van der Waals surface area contributed by atoms with Gasteiger partial charge in [0, 0.05) is 34.3 Å². The molecule has 0 saturated carbocycles. The lowest BCUT2D eigenvalue weighted by Crippen LogP contribution is -2.66. The minimum Gasteiger partial charge on any atom is -0.463 e. The van der Waals surface area contributed by atoms with E-state index in [9.17, 15) is 24.3 Å². The first-order valence-corrected chi connectivity index (χ1v) is 14.5. The topological polar surface area (TPSA) is 184 Å². The number of aliphatic hydroxyl groups is 1. The third kappa shape index (κ3) is 9.80. The fourth-order valence-electron chi connectivity index (χ4n) is 5.30. The molecule has 0 spiro atoms. The molecule has 3 aliphatic rings. The van der Waals surface area contributed by atoms with E-state index in [0.29, 0.717) is 6.61 Å². The Morgan fingerprint density at radius 2 is 1.56 bits per heavy atom. The van der Waals surface area contributed by atoms with Gasteiger partial charge < -0.3 is 53.1 Å². The van der Waals surface area contributed by atoms with E-state index in [1.165, 1.54) is 13.8 Å². The highest BCUT2D eigenvalue weighted by Gasteiger charge is 2.57. The fraction of sp³-hybridized carbons (Fsp3) is 0.857. The molecule has 3 fully saturated rings. The number of hydrogen-bond donors (Lipinski definition) is 2. The van der Waals surface area contributed by atoms with Crippen molar-refractivity contribution in [3.8, 4) is 0 Å². The number of amides is 1. The van der Waals surface area contributed by atoms with Crippen LogP contribution in [0.4, 0.5) is 0 Å².